The Hall–Kier alpha value is -2.59. The highest BCUT2D eigenvalue weighted by atomic mass is 32.2. The van der Waals surface area contributed by atoms with Gasteiger partial charge < -0.3 is 19.1 Å². The number of benzene rings is 1. The van der Waals surface area contributed by atoms with Gasteiger partial charge in [-0.2, -0.15) is 0 Å². The Bertz CT molecular complexity index is 851. The number of hydrogen-bond acceptors (Lipinski definition) is 8. The summed E-state index contributed by atoms with van der Waals surface area (Å²) in [5, 5.41) is 0. The molecule has 140 valence electrons. The zero-order valence-corrected chi connectivity index (χ0v) is 15.3. The lowest BCUT2D eigenvalue weighted by Crippen LogP contribution is -2.37. The SMILES string of the molecule is COc1ccc(OC)c(S(=O)(=O)Nc2cnc(N3CCOCC3)nc2)c1. The van der Waals surface area contributed by atoms with Crippen LogP contribution in [0.15, 0.2) is 35.5 Å². The Morgan fingerprint density at radius 2 is 1.81 bits per heavy atom. The van der Waals surface area contributed by atoms with Crippen LogP contribution in [0.25, 0.3) is 0 Å². The molecule has 0 amide bonds. The second kappa shape index (κ2) is 7.75. The van der Waals surface area contributed by atoms with E-state index in [1.807, 2.05) is 4.90 Å². The molecule has 0 atom stereocenters. The Labute approximate surface area is 152 Å². The Balaban J connectivity index is 1.81. The number of nitrogens with one attached hydrogen (secondary N) is 1. The van der Waals surface area contributed by atoms with E-state index in [4.69, 9.17) is 14.2 Å². The minimum Gasteiger partial charge on any atom is -0.497 e. The number of ether oxygens (including phenoxy) is 3. The third-order valence-corrected chi connectivity index (χ3v) is 5.25. The summed E-state index contributed by atoms with van der Waals surface area (Å²) in [6.45, 7) is 2.64. The van der Waals surface area contributed by atoms with Crippen LogP contribution in [0.5, 0.6) is 11.5 Å². The van der Waals surface area contributed by atoms with E-state index in [0.717, 1.165) is 0 Å². The van der Waals surface area contributed by atoms with Crippen LogP contribution in [-0.2, 0) is 14.8 Å². The van der Waals surface area contributed by atoms with Gasteiger partial charge in [-0.15, -0.1) is 0 Å². The largest absolute Gasteiger partial charge is 0.497 e. The third kappa shape index (κ3) is 3.97. The highest BCUT2D eigenvalue weighted by molar-refractivity contribution is 7.92. The van der Waals surface area contributed by atoms with Gasteiger partial charge in [0.1, 0.15) is 16.4 Å². The summed E-state index contributed by atoms with van der Waals surface area (Å²) in [4.78, 5) is 10.4. The average Bonchev–Trinajstić information content (AvgIpc) is 2.68. The van der Waals surface area contributed by atoms with Crippen LogP contribution in [0.2, 0.25) is 0 Å². The molecule has 1 saturated heterocycles. The number of methoxy groups -OCH3 is 2. The van der Waals surface area contributed by atoms with Gasteiger partial charge in [0.05, 0.1) is 45.5 Å². The molecule has 0 saturated carbocycles. The molecule has 1 N–H and O–H groups in total. The molecule has 1 aliphatic heterocycles. The first-order chi connectivity index (χ1) is 12.5. The molecule has 0 unspecified atom stereocenters. The molecule has 1 aliphatic rings. The molecular formula is C16H20N4O5S. The molecule has 0 spiro atoms. The summed E-state index contributed by atoms with van der Waals surface area (Å²) < 4.78 is 43.4. The fourth-order valence-electron chi connectivity index (χ4n) is 2.50. The van der Waals surface area contributed by atoms with Crippen molar-refractivity contribution >= 4 is 21.7 Å². The van der Waals surface area contributed by atoms with E-state index in [9.17, 15) is 8.42 Å². The molecule has 0 radical (unpaired) electrons. The van der Waals surface area contributed by atoms with Crippen molar-refractivity contribution in [3.63, 3.8) is 0 Å². The number of morpholine rings is 1. The second-order valence-corrected chi connectivity index (χ2v) is 7.14. The molecule has 2 aromatic rings. The molecular weight excluding hydrogens is 360 g/mol. The second-order valence-electron chi connectivity index (χ2n) is 5.49. The lowest BCUT2D eigenvalue weighted by atomic mass is 10.3. The van der Waals surface area contributed by atoms with Gasteiger partial charge in [0.2, 0.25) is 5.95 Å². The van der Waals surface area contributed by atoms with Gasteiger partial charge in [0.25, 0.3) is 10.0 Å². The molecule has 3 rings (SSSR count). The molecule has 1 aromatic carbocycles. The minimum atomic E-state index is -3.89. The summed E-state index contributed by atoms with van der Waals surface area (Å²) in [7, 11) is -1.03. The number of aromatic nitrogens is 2. The Morgan fingerprint density at radius 3 is 2.42 bits per heavy atom. The van der Waals surface area contributed by atoms with Crippen molar-refractivity contribution in [1.29, 1.82) is 0 Å². The molecule has 0 bridgehead atoms. The highest BCUT2D eigenvalue weighted by Crippen LogP contribution is 2.29. The monoisotopic (exact) mass is 380 g/mol. The van der Waals surface area contributed by atoms with E-state index >= 15 is 0 Å². The van der Waals surface area contributed by atoms with Gasteiger partial charge in [0, 0.05) is 19.2 Å². The van der Waals surface area contributed by atoms with Gasteiger partial charge in [-0.1, -0.05) is 0 Å². The third-order valence-electron chi connectivity index (χ3n) is 3.84. The van der Waals surface area contributed by atoms with E-state index < -0.39 is 10.0 Å². The van der Waals surface area contributed by atoms with Gasteiger partial charge in [-0.05, 0) is 12.1 Å². The topological polar surface area (TPSA) is 103 Å². The number of rotatable bonds is 6. The van der Waals surface area contributed by atoms with Crippen LogP contribution in [0, 0.1) is 0 Å². The summed E-state index contributed by atoms with van der Waals surface area (Å²) in [5.74, 6) is 1.16. The fraction of sp³-hybridized carbons (Fsp3) is 0.375. The molecule has 1 fully saturated rings. The molecule has 9 nitrogen and oxygen atoms in total. The lowest BCUT2D eigenvalue weighted by Gasteiger charge is -2.26. The summed E-state index contributed by atoms with van der Waals surface area (Å²) in [6.07, 6.45) is 2.87. The maximum absolute atomic E-state index is 12.7. The molecule has 1 aromatic heterocycles. The van der Waals surface area contributed by atoms with Crippen molar-refractivity contribution in [3.8, 4) is 11.5 Å². The quantitative estimate of drug-likeness (QED) is 0.796. The van der Waals surface area contributed by atoms with E-state index in [1.165, 1.54) is 38.7 Å². The molecule has 2 heterocycles. The molecule has 0 aliphatic carbocycles. The predicted octanol–water partition coefficient (Wildman–Crippen LogP) is 1.13. The van der Waals surface area contributed by atoms with Crippen molar-refractivity contribution in [2.24, 2.45) is 0 Å². The number of hydrogen-bond donors (Lipinski definition) is 1. The summed E-state index contributed by atoms with van der Waals surface area (Å²) >= 11 is 0. The predicted molar refractivity (Wildman–Crippen MR) is 95.4 cm³/mol. The molecule has 26 heavy (non-hydrogen) atoms. The zero-order chi connectivity index (χ0) is 18.6. The smallest absolute Gasteiger partial charge is 0.265 e. The van der Waals surface area contributed by atoms with Crippen molar-refractivity contribution < 1.29 is 22.6 Å². The number of nitrogens with zero attached hydrogens (tertiary/aromatic N) is 3. The van der Waals surface area contributed by atoms with Crippen molar-refractivity contribution in [1.82, 2.24) is 9.97 Å². The maximum Gasteiger partial charge on any atom is 0.265 e. The van der Waals surface area contributed by atoms with Crippen molar-refractivity contribution in [3.05, 3.63) is 30.6 Å². The van der Waals surface area contributed by atoms with Crippen molar-refractivity contribution in [2.75, 3.05) is 50.1 Å². The van der Waals surface area contributed by atoms with Crippen LogP contribution in [-0.4, -0.2) is 58.9 Å². The van der Waals surface area contributed by atoms with E-state index in [-0.39, 0.29) is 16.3 Å². The van der Waals surface area contributed by atoms with E-state index in [2.05, 4.69) is 14.7 Å². The van der Waals surface area contributed by atoms with Crippen LogP contribution in [0.4, 0.5) is 11.6 Å². The number of sulfonamides is 1. The average molecular weight is 380 g/mol. The summed E-state index contributed by atoms with van der Waals surface area (Å²) in [6, 6.07) is 4.55. The van der Waals surface area contributed by atoms with Crippen LogP contribution >= 0.6 is 0 Å². The number of anilines is 2. The first-order valence-corrected chi connectivity index (χ1v) is 9.41. The zero-order valence-electron chi connectivity index (χ0n) is 14.5. The van der Waals surface area contributed by atoms with E-state index in [1.54, 1.807) is 6.07 Å². The lowest BCUT2D eigenvalue weighted by molar-refractivity contribution is 0.122. The highest BCUT2D eigenvalue weighted by Gasteiger charge is 2.21. The van der Waals surface area contributed by atoms with Crippen LogP contribution < -0.4 is 19.1 Å². The first kappa shape index (κ1) is 18.2. The van der Waals surface area contributed by atoms with Gasteiger partial charge in [-0.25, -0.2) is 18.4 Å². The van der Waals surface area contributed by atoms with Crippen molar-refractivity contribution in [2.45, 2.75) is 4.90 Å². The Kier molecular flexibility index (Phi) is 5.43. The van der Waals surface area contributed by atoms with Gasteiger partial charge >= 0.3 is 0 Å². The summed E-state index contributed by atoms with van der Waals surface area (Å²) in [5.41, 5.74) is 0.256. The fourth-order valence-corrected chi connectivity index (χ4v) is 3.72. The normalized spacial score (nSPS) is 14.8. The van der Waals surface area contributed by atoms with E-state index in [0.29, 0.717) is 38.0 Å². The van der Waals surface area contributed by atoms with Gasteiger partial charge in [-0.3, -0.25) is 4.72 Å². The maximum atomic E-state index is 12.7. The van der Waals surface area contributed by atoms with Gasteiger partial charge in [0.15, 0.2) is 0 Å². The van der Waals surface area contributed by atoms with Crippen LogP contribution in [0.3, 0.4) is 0 Å². The standard InChI is InChI=1S/C16H20N4O5S/c1-23-13-3-4-14(24-2)15(9-13)26(21,22)19-12-10-17-16(18-11-12)20-5-7-25-8-6-20/h3-4,9-11,19H,5-8H2,1-2H3. The Morgan fingerprint density at radius 1 is 1.12 bits per heavy atom. The molecule has 10 heteroatoms. The minimum absolute atomic E-state index is 0.0309. The van der Waals surface area contributed by atoms with Crippen LogP contribution in [0.1, 0.15) is 0 Å². The first-order valence-electron chi connectivity index (χ1n) is 7.93.